The van der Waals surface area contributed by atoms with Gasteiger partial charge in [0.05, 0.1) is 10.7 Å². The van der Waals surface area contributed by atoms with Crippen LogP contribution in [-0.2, 0) is 9.59 Å². The maximum atomic E-state index is 12.5. The minimum Gasteiger partial charge on any atom is -0.374 e. The molecule has 0 aromatic heterocycles. The standard InChI is InChI=1S/C20H28ClN3O2/c1-14(20(26)23-15-7-4-2-3-5-8-15)22-16-10-11-18(17(21)13-16)24-12-6-9-19(24)25/h10-11,13-15,22H,2-9,12H2,1H3,(H,23,26). The van der Waals surface area contributed by atoms with E-state index in [1.54, 1.807) is 11.0 Å². The fourth-order valence-corrected chi connectivity index (χ4v) is 4.07. The summed E-state index contributed by atoms with van der Waals surface area (Å²) in [5, 5.41) is 6.91. The van der Waals surface area contributed by atoms with Crippen molar-refractivity contribution in [2.45, 2.75) is 70.4 Å². The Labute approximate surface area is 160 Å². The highest BCUT2D eigenvalue weighted by atomic mass is 35.5. The molecule has 1 atom stereocenters. The first-order valence-corrected chi connectivity index (χ1v) is 10.1. The molecule has 1 aromatic rings. The van der Waals surface area contributed by atoms with Crippen molar-refractivity contribution in [2.75, 3.05) is 16.8 Å². The highest BCUT2D eigenvalue weighted by Crippen LogP contribution is 2.31. The van der Waals surface area contributed by atoms with Gasteiger partial charge < -0.3 is 15.5 Å². The molecule has 2 aliphatic rings. The average molecular weight is 378 g/mol. The van der Waals surface area contributed by atoms with Crippen LogP contribution in [-0.4, -0.2) is 30.4 Å². The molecule has 1 saturated heterocycles. The van der Waals surface area contributed by atoms with Crippen molar-refractivity contribution in [1.82, 2.24) is 5.32 Å². The Morgan fingerprint density at radius 1 is 1.19 bits per heavy atom. The molecule has 1 heterocycles. The highest BCUT2D eigenvalue weighted by molar-refractivity contribution is 6.34. The fraction of sp³-hybridized carbons (Fsp3) is 0.600. The number of amides is 2. The van der Waals surface area contributed by atoms with E-state index in [1.807, 2.05) is 19.1 Å². The molecule has 6 heteroatoms. The third-order valence-corrected chi connectivity index (χ3v) is 5.59. The largest absolute Gasteiger partial charge is 0.374 e. The van der Waals surface area contributed by atoms with Gasteiger partial charge in [0.15, 0.2) is 0 Å². The zero-order valence-corrected chi connectivity index (χ0v) is 16.1. The van der Waals surface area contributed by atoms with Gasteiger partial charge in [-0.05, 0) is 44.4 Å². The monoisotopic (exact) mass is 377 g/mol. The molecule has 3 rings (SSSR count). The lowest BCUT2D eigenvalue weighted by atomic mass is 10.1. The van der Waals surface area contributed by atoms with Gasteiger partial charge in [0, 0.05) is 24.7 Å². The molecule has 1 saturated carbocycles. The third kappa shape index (κ3) is 4.70. The van der Waals surface area contributed by atoms with E-state index in [0.717, 1.165) is 30.6 Å². The van der Waals surface area contributed by atoms with Crippen molar-refractivity contribution in [1.29, 1.82) is 0 Å². The zero-order valence-electron chi connectivity index (χ0n) is 15.4. The predicted octanol–water partition coefficient (Wildman–Crippen LogP) is 4.11. The highest BCUT2D eigenvalue weighted by Gasteiger charge is 2.24. The summed E-state index contributed by atoms with van der Waals surface area (Å²) in [6.45, 7) is 2.57. The number of rotatable bonds is 5. The normalized spacial score (nSPS) is 19.9. The molecule has 0 bridgehead atoms. The lowest BCUT2D eigenvalue weighted by Crippen LogP contribution is -2.43. The van der Waals surface area contributed by atoms with E-state index in [0.29, 0.717) is 24.0 Å². The Bertz CT molecular complexity index is 656. The van der Waals surface area contributed by atoms with Gasteiger partial charge >= 0.3 is 0 Å². The number of carbonyl (C=O) groups excluding carboxylic acids is 2. The van der Waals surface area contributed by atoms with Gasteiger partial charge in [0.2, 0.25) is 11.8 Å². The van der Waals surface area contributed by atoms with Gasteiger partial charge in [-0.2, -0.15) is 0 Å². The summed E-state index contributed by atoms with van der Waals surface area (Å²) >= 11 is 6.38. The van der Waals surface area contributed by atoms with Gasteiger partial charge in [-0.25, -0.2) is 0 Å². The minimum atomic E-state index is -0.339. The molecule has 142 valence electrons. The summed E-state index contributed by atoms with van der Waals surface area (Å²) in [5.41, 5.74) is 1.53. The van der Waals surface area contributed by atoms with Gasteiger partial charge in [-0.15, -0.1) is 0 Å². The van der Waals surface area contributed by atoms with Crippen LogP contribution in [0.1, 0.15) is 58.3 Å². The van der Waals surface area contributed by atoms with E-state index in [1.165, 1.54) is 25.7 Å². The van der Waals surface area contributed by atoms with E-state index < -0.39 is 0 Å². The van der Waals surface area contributed by atoms with Crippen molar-refractivity contribution in [3.8, 4) is 0 Å². The molecular formula is C20H28ClN3O2. The molecule has 2 N–H and O–H groups in total. The van der Waals surface area contributed by atoms with Crippen LogP contribution in [0.25, 0.3) is 0 Å². The first-order valence-electron chi connectivity index (χ1n) is 9.71. The lowest BCUT2D eigenvalue weighted by molar-refractivity contribution is -0.122. The summed E-state index contributed by atoms with van der Waals surface area (Å²) in [6.07, 6.45) is 8.51. The molecule has 2 fully saturated rings. The van der Waals surface area contributed by atoms with Gasteiger partial charge in [0.1, 0.15) is 6.04 Å². The first kappa shape index (κ1) is 19.0. The number of nitrogens with one attached hydrogen (secondary N) is 2. The zero-order chi connectivity index (χ0) is 18.5. The van der Waals surface area contributed by atoms with E-state index in [2.05, 4.69) is 10.6 Å². The number of hydrogen-bond acceptors (Lipinski definition) is 3. The second kappa shape index (κ2) is 8.76. The van der Waals surface area contributed by atoms with Crippen molar-refractivity contribution < 1.29 is 9.59 Å². The molecule has 26 heavy (non-hydrogen) atoms. The number of benzene rings is 1. The average Bonchev–Trinajstić information content (AvgIpc) is 2.87. The Balaban J connectivity index is 1.58. The van der Waals surface area contributed by atoms with Gasteiger partial charge in [0.25, 0.3) is 0 Å². The van der Waals surface area contributed by atoms with Crippen LogP contribution in [0.5, 0.6) is 0 Å². The molecule has 1 aliphatic heterocycles. The summed E-state index contributed by atoms with van der Waals surface area (Å²) in [5.74, 6) is 0.135. The molecule has 2 amide bonds. The molecule has 0 radical (unpaired) electrons. The smallest absolute Gasteiger partial charge is 0.242 e. The van der Waals surface area contributed by atoms with E-state index >= 15 is 0 Å². The van der Waals surface area contributed by atoms with E-state index in [9.17, 15) is 9.59 Å². The molecule has 0 spiro atoms. The third-order valence-electron chi connectivity index (χ3n) is 5.29. The van der Waals surface area contributed by atoms with E-state index in [-0.39, 0.29) is 17.9 Å². The van der Waals surface area contributed by atoms with Crippen LogP contribution in [0, 0.1) is 0 Å². The van der Waals surface area contributed by atoms with Crippen LogP contribution < -0.4 is 15.5 Å². The van der Waals surface area contributed by atoms with Crippen LogP contribution >= 0.6 is 11.6 Å². The number of halogens is 1. The Hall–Kier alpha value is -1.75. The number of carbonyl (C=O) groups is 2. The summed E-state index contributed by atoms with van der Waals surface area (Å²) in [6, 6.07) is 5.47. The Kier molecular flexibility index (Phi) is 6.41. The Morgan fingerprint density at radius 2 is 1.92 bits per heavy atom. The maximum Gasteiger partial charge on any atom is 0.242 e. The van der Waals surface area contributed by atoms with Crippen LogP contribution in [0.2, 0.25) is 5.02 Å². The topological polar surface area (TPSA) is 61.4 Å². The second-order valence-electron chi connectivity index (χ2n) is 7.38. The summed E-state index contributed by atoms with van der Waals surface area (Å²) in [4.78, 5) is 26.1. The lowest BCUT2D eigenvalue weighted by Gasteiger charge is -2.22. The Morgan fingerprint density at radius 3 is 2.54 bits per heavy atom. The maximum absolute atomic E-state index is 12.5. The molecule has 1 aromatic carbocycles. The second-order valence-corrected chi connectivity index (χ2v) is 7.79. The van der Waals surface area contributed by atoms with Gasteiger partial charge in [-0.3, -0.25) is 9.59 Å². The number of anilines is 2. The first-order chi connectivity index (χ1) is 12.5. The fourth-order valence-electron chi connectivity index (χ4n) is 3.78. The molecule has 1 aliphatic carbocycles. The van der Waals surface area contributed by atoms with Gasteiger partial charge in [-0.1, -0.05) is 37.3 Å². The number of hydrogen-bond donors (Lipinski definition) is 2. The summed E-state index contributed by atoms with van der Waals surface area (Å²) in [7, 11) is 0. The predicted molar refractivity (Wildman–Crippen MR) is 106 cm³/mol. The minimum absolute atomic E-state index is 0.0202. The SMILES string of the molecule is CC(Nc1ccc(N2CCCC2=O)c(Cl)c1)C(=O)NC1CCCCCC1. The van der Waals surface area contributed by atoms with Crippen LogP contribution in [0.4, 0.5) is 11.4 Å². The van der Waals surface area contributed by atoms with Crippen LogP contribution in [0.3, 0.4) is 0 Å². The van der Waals surface area contributed by atoms with Crippen LogP contribution in [0.15, 0.2) is 18.2 Å². The van der Waals surface area contributed by atoms with Crippen molar-refractivity contribution in [3.05, 3.63) is 23.2 Å². The van der Waals surface area contributed by atoms with Crippen molar-refractivity contribution in [3.63, 3.8) is 0 Å². The quantitative estimate of drug-likeness (QED) is 0.759. The van der Waals surface area contributed by atoms with Crippen molar-refractivity contribution in [2.24, 2.45) is 0 Å². The van der Waals surface area contributed by atoms with Crippen molar-refractivity contribution >= 4 is 34.8 Å². The molecule has 1 unspecified atom stereocenters. The molecular weight excluding hydrogens is 350 g/mol. The molecule has 5 nitrogen and oxygen atoms in total. The van der Waals surface area contributed by atoms with E-state index in [4.69, 9.17) is 11.6 Å². The summed E-state index contributed by atoms with van der Waals surface area (Å²) < 4.78 is 0. The number of nitrogens with zero attached hydrogens (tertiary/aromatic N) is 1.